The molecule has 0 aromatic heterocycles. The molecule has 15 nitrogen and oxygen atoms in total. The lowest BCUT2D eigenvalue weighted by atomic mass is 9.77. The van der Waals surface area contributed by atoms with Crippen molar-refractivity contribution in [2.45, 2.75) is 270 Å². The second-order valence-corrected chi connectivity index (χ2v) is 24.1. The lowest BCUT2D eigenvalue weighted by Gasteiger charge is -2.48. The minimum atomic E-state index is -1.99. The van der Waals surface area contributed by atoms with Crippen LogP contribution in [0.25, 0.3) is 0 Å². The van der Waals surface area contributed by atoms with E-state index in [9.17, 15) is 35.1 Å². The Labute approximate surface area is 442 Å². The number of nitrogens with zero attached hydrogens (tertiary/aromatic N) is 2. The van der Waals surface area contributed by atoms with Gasteiger partial charge in [-0.3, -0.25) is 9.59 Å². The van der Waals surface area contributed by atoms with Gasteiger partial charge in [-0.2, -0.15) is 0 Å². The zero-order valence-corrected chi connectivity index (χ0v) is 48.8. The average Bonchev–Trinajstić information content (AvgIpc) is 3.33. The predicted molar refractivity (Wildman–Crippen MR) is 288 cm³/mol. The van der Waals surface area contributed by atoms with Gasteiger partial charge in [0.1, 0.15) is 30.0 Å². The van der Waals surface area contributed by atoms with Crippen LogP contribution < -0.4 is 5.30 Å². The van der Waals surface area contributed by atoms with Gasteiger partial charge >= 0.3 is 5.97 Å². The van der Waals surface area contributed by atoms with Gasteiger partial charge in [-0.1, -0.05) is 77.8 Å². The molecule has 19 atom stereocenters. The molecule has 1 amide bonds. The van der Waals surface area contributed by atoms with Crippen LogP contribution in [-0.4, -0.2) is 165 Å². The number of carbonyl (C=O) groups excluding carboxylic acids is 2. The van der Waals surface area contributed by atoms with Crippen LogP contribution >= 0.6 is 9.24 Å². The second-order valence-electron chi connectivity index (χ2n) is 23.5. The van der Waals surface area contributed by atoms with Crippen LogP contribution in [-0.2, 0) is 44.4 Å². The fourth-order valence-corrected chi connectivity index (χ4v) is 12.3. The van der Waals surface area contributed by atoms with Gasteiger partial charge in [-0.05, 0) is 143 Å². The Morgan fingerprint density at radius 3 is 2.04 bits per heavy atom. The zero-order chi connectivity index (χ0) is 54.7. The normalized spacial score (nSPS) is 38.5. The number of methoxy groups -OCH3 is 1. The van der Waals surface area contributed by atoms with E-state index in [0.29, 0.717) is 12.8 Å². The Morgan fingerprint density at radius 2 is 1.45 bits per heavy atom. The van der Waals surface area contributed by atoms with Crippen LogP contribution in [0.4, 0.5) is 0 Å². The quantitative estimate of drug-likeness (QED) is 0.0537. The lowest BCUT2D eigenvalue weighted by molar-refractivity contribution is -0.318. The summed E-state index contributed by atoms with van der Waals surface area (Å²) in [6.45, 7) is 21.8. The third kappa shape index (κ3) is 16.6. The molecular formula is C57H101N2O13P. The number of hydrogen-bond donors (Lipinski definition) is 5. The van der Waals surface area contributed by atoms with Gasteiger partial charge in [-0.15, -0.1) is 9.24 Å². The molecule has 73 heavy (non-hydrogen) atoms. The van der Waals surface area contributed by atoms with Crippen LogP contribution in [0.5, 0.6) is 0 Å². The molecule has 3 heterocycles. The Kier molecular flexibility index (Phi) is 24.6. The van der Waals surface area contributed by atoms with E-state index in [2.05, 4.69) is 35.2 Å². The number of unbranched alkanes of at least 4 members (excludes halogenated alkanes) is 8. The van der Waals surface area contributed by atoms with E-state index in [-0.39, 0.29) is 56.2 Å². The molecule has 0 saturated carbocycles. The number of carbonyl (C=O) groups is 2. The Morgan fingerprint density at radius 1 is 0.849 bits per heavy atom. The van der Waals surface area contributed by atoms with E-state index in [1.807, 2.05) is 32.8 Å². The number of hydrogen-bond acceptors (Lipinski definition) is 14. The summed E-state index contributed by atoms with van der Waals surface area (Å²) in [7, 11) is 8.09. The number of rotatable bonds is 19. The first-order valence-electron chi connectivity index (χ1n) is 27.8. The van der Waals surface area contributed by atoms with Crippen LogP contribution in [0.2, 0.25) is 0 Å². The fourth-order valence-electron chi connectivity index (χ4n) is 12.0. The molecule has 1 aromatic carbocycles. The summed E-state index contributed by atoms with van der Waals surface area (Å²) in [6.07, 6.45) is 1.60. The van der Waals surface area contributed by atoms with Gasteiger partial charge in [0.2, 0.25) is 5.91 Å². The highest BCUT2D eigenvalue weighted by Gasteiger charge is 2.53. The highest BCUT2D eigenvalue weighted by atomic mass is 31.0. The number of aryl methyl sites for hydroxylation is 1. The van der Waals surface area contributed by atoms with E-state index in [1.165, 1.54) is 61.7 Å². The molecule has 3 aliphatic heterocycles. The van der Waals surface area contributed by atoms with Gasteiger partial charge in [-0.25, -0.2) is 0 Å². The number of aliphatic hydroxyl groups excluding tert-OH is 3. The molecule has 16 heteroatoms. The molecule has 3 saturated heterocycles. The topological polar surface area (TPSA) is 197 Å². The maximum Gasteiger partial charge on any atom is 0.311 e. The third-order valence-electron chi connectivity index (χ3n) is 17.0. The lowest BCUT2D eigenvalue weighted by Crippen LogP contribution is -2.60. The van der Waals surface area contributed by atoms with Crippen molar-refractivity contribution >= 4 is 26.4 Å². The van der Waals surface area contributed by atoms with Crippen molar-refractivity contribution in [1.29, 1.82) is 0 Å². The molecule has 0 spiro atoms. The summed E-state index contributed by atoms with van der Waals surface area (Å²) in [5, 5.41) is 61.4. The maximum absolute atomic E-state index is 14.6. The van der Waals surface area contributed by atoms with Gasteiger partial charge in [0.15, 0.2) is 12.6 Å². The molecule has 4 rings (SSSR count). The second kappa shape index (κ2) is 28.2. The molecule has 0 radical (unpaired) electrons. The SMILES string of the molecule is CC[C@H]1OC(=O)[C@H](C)[C@@H](O[C@H]2C[C@@](C)(OC)[C@@H](O)[C@H](C)O2)[C@H](C)[C@@H](O[C@@H]2O[C@H](C)C[C@H](N(C)C)[C@H]2O)[C@](C)(O)C[C@@H](C)CN(C(=O)CCCCCCCCCCCc2ccc(P)c(C)c2C)[C@H](C)[C@@H](O)[C@]1(C)O. The van der Waals surface area contributed by atoms with Crippen molar-refractivity contribution in [2.24, 2.45) is 17.8 Å². The molecule has 1 unspecified atom stereocenters. The van der Waals surface area contributed by atoms with Crippen molar-refractivity contribution in [2.75, 3.05) is 27.7 Å². The highest BCUT2D eigenvalue weighted by molar-refractivity contribution is 7.27. The minimum Gasteiger partial charge on any atom is -0.459 e. The smallest absolute Gasteiger partial charge is 0.311 e. The summed E-state index contributed by atoms with van der Waals surface area (Å²) in [6, 6.07) is 3.23. The third-order valence-corrected chi connectivity index (χ3v) is 17.6. The van der Waals surface area contributed by atoms with E-state index < -0.39 is 96.0 Å². The Balaban J connectivity index is 1.58. The van der Waals surface area contributed by atoms with E-state index >= 15 is 0 Å². The van der Waals surface area contributed by atoms with Crippen molar-refractivity contribution in [3.05, 3.63) is 28.8 Å². The van der Waals surface area contributed by atoms with Crippen molar-refractivity contribution in [1.82, 2.24) is 9.80 Å². The molecular weight excluding hydrogens is 952 g/mol. The van der Waals surface area contributed by atoms with Gasteiger partial charge < -0.3 is 63.8 Å². The van der Waals surface area contributed by atoms with Crippen LogP contribution in [0.1, 0.15) is 176 Å². The van der Waals surface area contributed by atoms with Crippen molar-refractivity contribution in [3.8, 4) is 0 Å². The molecule has 0 bridgehead atoms. The molecule has 3 aliphatic rings. The molecule has 422 valence electrons. The summed E-state index contributed by atoms with van der Waals surface area (Å²) < 4.78 is 38.1. The number of cyclic esters (lactones) is 1. The minimum absolute atomic E-state index is 0.0823. The first-order valence-corrected chi connectivity index (χ1v) is 28.4. The van der Waals surface area contributed by atoms with E-state index in [1.54, 1.807) is 53.4 Å². The number of benzene rings is 1. The summed E-state index contributed by atoms with van der Waals surface area (Å²) >= 11 is 0. The Hall–Kier alpha value is -1.85. The average molecular weight is 1050 g/mol. The summed E-state index contributed by atoms with van der Waals surface area (Å²) in [4.78, 5) is 32.6. The highest BCUT2D eigenvalue weighted by Crippen LogP contribution is 2.40. The monoisotopic (exact) mass is 1050 g/mol. The van der Waals surface area contributed by atoms with E-state index in [0.717, 1.165) is 32.1 Å². The summed E-state index contributed by atoms with van der Waals surface area (Å²) in [5.74, 6) is -3.22. The Bertz CT molecular complexity index is 1870. The van der Waals surface area contributed by atoms with Gasteiger partial charge in [0.05, 0.1) is 47.6 Å². The van der Waals surface area contributed by atoms with Crippen LogP contribution in [0.3, 0.4) is 0 Å². The zero-order valence-electron chi connectivity index (χ0n) is 47.6. The van der Waals surface area contributed by atoms with E-state index in [4.69, 9.17) is 28.4 Å². The standard InChI is InChI=1S/C57H101N2O13P/c1-16-45-57(12,66)50(62)40(8)59(46(60)27-25-23-21-19-17-18-20-22-24-26-42-28-29-44(73)37(5)36(42)4)33-34(2)31-55(10,65)52(72-54-48(61)43(58(13)14)30-35(3)68-54)38(6)49(39(7)53(64)70-45)71-47-32-56(11,67-15)51(63)41(9)69-47/h28-29,34-35,38-41,43,45,47-52,54,61-63,65-66H,16-27,30-33,73H2,1-15H3/t34-,35-,38+,39-,40-,41+,43+,45-,47+,48-,49+,50-,51+,52-,54+,55-,56-,57-/m1/s1. The summed E-state index contributed by atoms with van der Waals surface area (Å²) in [5.41, 5.74) is -0.550. The molecule has 5 N–H and O–H groups in total. The van der Waals surface area contributed by atoms with Crippen LogP contribution in [0.15, 0.2) is 12.1 Å². The maximum atomic E-state index is 14.6. The van der Waals surface area contributed by atoms with Gasteiger partial charge in [0.25, 0.3) is 0 Å². The number of esters is 1. The largest absolute Gasteiger partial charge is 0.459 e. The molecule has 1 aromatic rings. The number of ether oxygens (including phenoxy) is 6. The van der Waals surface area contributed by atoms with Gasteiger partial charge in [0, 0.05) is 38.5 Å². The predicted octanol–water partition coefficient (Wildman–Crippen LogP) is 7.06. The molecule has 0 aliphatic carbocycles. The first-order chi connectivity index (χ1) is 34.1. The molecule has 3 fully saturated rings. The number of amides is 1. The number of likely N-dealkylation sites (N-methyl/N-ethyl adjacent to an activating group) is 1. The fraction of sp³-hybridized carbons (Fsp3) is 0.860. The number of aliphatic hydroxyl groups is 5. The first kappa shape index (κ1) is 63.7. The van der Waals surface area contributed by atoms with Crippen molar-refractivity contribution in [3.63, 3.8) is 0 Å². The van der Waals surface area contributed by atoms with Crippen LogP contribution in [0, 0.1) is 31.6 Å². The van der Waals surface area contributed by atoms with Crippen molar-refractivity contribution < 1.29 is 63.5 Å².